The second kappa shape index (κ2) is 12.4. The maximum Gasteiger partial charge on any atom is 0.190 e. The van der Waals surface area contributed by atoms with Gasteiger partial charge in [0.25, 0.3) is 0 Å². The Morgan fingerprint density at radius 3 is 2.24 bits per heavy atom. The quantitative estimate of drug-likeness (QED) is 0.316. The van der Waals surface area contributed by atoms with Crippen LogP contribution in [0.25, 0.3) is 0 Å². The molecule has 2 N–H and O–H groups in total. The minimum Gasteiger partial charge on any atom is -0.356 e. The molecule has 0 fully saturated rings. The summed E-state index contributed by atoms with van der Waals surface area (Å²) in [5, 5.41) is 6.62. The van der Waals surface area contributed by atoms with Gasteiger partial charge in [0.15, 0.2) is 5.96 Å². The van der Waals surface area contributed by atoms with E-state index in [1.54, 1.807) is 0 Å². The van der Waals surface area contributed by atoms with Crippen LogP contribution in [0.4, 0.5) is 0 Å². The van der Waals surface area contributed by atoms with Gasteiger partial charge in [0.05, 0.1) is 0 Å². The number of aliphatic imine (C=N–C) groups is 1. The first-order chi connectivity index (χ1) is 7.56. The van der Waals surface area contributed by atoms with Crippen molar-refractivity contribution in [3.63, 3.8) is 0 Å². The molecule has 0 aliphatic rings. The maximum absolute atomic E-state index is 4.18. The average molecular weight is 356 g/mol. The van der Waals surface area contributed by atoms with Crippen LogP contribution in [0.15, 0.2) is 4.99 Å². The first-order valence-electron chi connectivity index (χ1n) is 6.15. The van der Waals surface area contributed by atoms with Crippen molar-refractivity contribution >= 4 is 29.9 Å². The summed E-state index contributed by atoms with van der Waals surface area (Å²) in [5.74, 6) is 1.65. The molecule has 0 aromatic heterocycles. The second-order valence-electron chi connectivity index (χ2n) is 4.77. The first kappa shape index (κ1) is 19.3. The van der Waals surface area contributed by atoms with Crippen molar-refractivity contribution in [3.05, 3.63) is 0 Å². The SMILES string of the molecule is CN=C(NCCCN(C)C)NCCC(C)C.I. The van der Waals surface area contributed by atoms with Gasteiger partial charge >= 0.3 is 0 Å². The highest BCUT2D eigenvalue weighted by atomic mass is 127. The molecule has 17 heavy (non-hydrogen) atoms. The molecule has 0 amide bonds. The lowest BCUT2D eigenvalue weighted by Gasteiger charge is -2.14. The molecule has 0 rings (SSSR count). The van der Waals surface area contributed by atoms with Crippen LogP contribution in [-0.2, 0) is 0 Å². The summed E-state index contributed by atoms with van der Waals surface area (Å²) >= 11 is 0. The zero-order valence-electron chi connectivity index (χ0n) is 11.9. The monoisotopic (exact) mass is 356 g/mol. The molecule has 5 heteroatoms. The van der Waals surface area contributed by atoms with Gasteiger partial charge in [-0.3, -0.25) is 4.99 Å². The van der Waals surface area contributed by atoms with E-state index in [4.69, 9.17) is 0 Å². The van der Waals surface area contributed by atoms with Crippen LogP contribution in [0, 0.1) is 5.92 Å². The Balaban J connectivity index is 0. The summed E-state index contributed by atoms with van der Waals surface area (Å²) in [5.41, 5.74) is 0. The molecule has 0 atom stereocenters. The van der Waals surface area contributed by atoms with Crippen molar-refractivity contribution in [2.45, 2.75) is 26.7 Å². The summed E-state index contributed by atoms with van der Waals surface area (Å²) in [6, 6.07) is 0. The molecule has 0 unspecified atom stereocenters. The summed E-state index contributed by atoms with van der Waals surface area (Å²) < 4.78 is 0. The third kappa shape index (κ3) is 13.9. The lowest BCUT2D eigenvalue weighted by Crippen LogP contribution is -2.39. The molecule has 0 heterocycles. The largest absolute Gasteiger partial charge is 0.356 e. The Kier molecular flexibility index (Phi) is 14.1. The molecule has 0 bridgehead atoms. The molecule has 0 radical (unpaired) electrons. The van der Waals surface area contributed by atoms with Crippen LogP contribution >= 0.6 is 24.0 Å². The molecular weight excluding hydrogens is 327 g/mol. The van der Waals surface area contributed by atoms with E-state index < -0.39 is 0 Å². The minimum absolute atomic E-state index is 0. The Labute approximate surface area is 124 Å². The van der Waals surface area contributed by atoms with Crippen LogP contribution < -0.4 is 10.6 Å². The summed E-state index contributed by atoms with van der Waals surface area (Å²) in [6.07, 6.45) is 2.32. The van der Waals surface area contributed by atoms with Gasteiger partial charge in [-0.2, -0.15) is 0 Å². The van der Waals surface area contributed by atoms with Crippen molar-refractivity contribution < 1.29 is 0 Å². The number of rotatable bonds is 7. The van der Waals surface area contributed by atoms with E-state index in [2.05, 4.69) is 48.5 Å². The van der Waals surface area contributed by atoms with Gasteiger partial charge in [-0.25, -0.2) is 0 Å². The molecule has 104 valence electrons. The predicted molar refractivity (Wildman–Crippen MR) is 87.4 cm³/mol. The summed E-state index contributed by atoms with van der Waals surface area (Å²) in [7, 11) is 6.00. The standard InChI is InChI=1S/C12H28N4.HI/c1-11(2)7-9-15-12(13-3)14-8-6-10-16(4)5;/h11H,6-10H2,1-5H3,(H2,13,14,15);1H. The van der Waals surface area contributed by atoms with Crippen LogP contribution in [0.5, 0.6) is 0 Å². The Morgan fingerprint density at radius 2 is 1.76 bits per heavy atom. The zero-order valence-corrected chi connectivity index (χ0v) is 14.2. The number of halogens is 1. The fraction of sp³-hybridized carbons (Fsp3) is 0.917. The fourth-order valence-corrected chi connectivity index (χ4v) is 1.30. The van der Waals surface area contributed by atoms with Gasteiger partial charge in [-0.1, -0.05) is 13.8 Å². The highest BCUT2D eigenvalue weighted by Gasteiger charge is 1.98. The Morgan fingerprint density at radius 1 is 1.18 bits per heavy atom. The molecule has 0 aliphatic heterocycles. The number of hydrogen-bond acceptors (Lipinski definition) is 2. The minimum atomic E-state index is 0. The number of nitrogens with one attached hydrogen (secondary N) is 2. The van der Waals surface area contributed by atoms with E-state index in [1.807, 2.05) is 7.05 Å². The highest BCUT2D eigenvalue weighted by Crippen LogP contribution is 1.95. The highest BCUT2D eigenvalue weighted by molar-refractivity contribution is 14.0. The smallest absolute Gasteiger partial charge is 0.190 e. The lowest BCUT2D eigenvalue weighted by atomic mass is 10.1. The summed E-state index contributed by atoms with van der Waals surface area (Å²) in [6.45, 7) is 7.53. The third-order valence-corrected chi connectivity index (χ3v) is 2.31. The van der Waals surface area contributed by atoms with E-state index in [-0.39, 0.29) is 24.0 Å². The molecule has 0 spiro atoms. The van der Waals surface area contributed by atoms with Crippen LogP contribution in [-0.4, -0.2) is 51.6 Å². The van der Waals surface area contributed by atoms with E-state index in [0.717, 1.165) is 37.9 Å². The van der Waals surface area contributed by atoms with Crippen molar-refractivity contribution in [1.82, 2.24) is 15.5 Å². The summed E-state index contributed by atoms with van der Waals surface area (Å²) in [4.78, 5) is 6.37. The van der Waals surface area contributed by atoms with Gasteiger partial charge in [-0.05, 0) is 39.4 Å². The Hall–Kier alpha value is -0.0400. The Bertz CT molecular complexity index is 193. The van der Waals surface area contributed by atoms with Crippen molar-refractivity contribution in [2.24, 2.45) is 10.9 Å². The lowest BCUT2D eigenvalue weighted by molar-refractivity contribution is 0.399. The predicted octanol–water partition coefficient (Wildman–Crippen LogP) is 1.77. The normalized spacial score (nSPS) is 11.6. The molecule has 4 nitrogen and oxygen atoms in total. The fourth-order valence-electron chi connectivity index (χ4n) is 1.30. The van der Waals surface area contributed by atoms with Crippen molar-refractivity contribution in [3.8, 4) is 0 Å². The molecule has 0 aliphatic carbocycles. The van der Waals surface area contributed by atoms with Crippen LogP contribution in [0.2, 0.25) is 0 Å². The van der Waals surface area contributed by atoms with E-state index in [0.29, 0.717) is 0 Å². The second-order valence-corrected chi connectivity index (χ2v) is 4.77. The molecule has 0 saturated heterocycles. The molecule has 0 aromatic rings. The van der Waals surface area contributed by atoms with Crippen LogP contribution in [0.3, 0.4) is 0 Å². The number of nitrogens with zero attached hydrogens (tertiary/aromatic N) is 2. The number of hydrogen-bond donors (Lipinski definition) is 2. The van der Waals surface area contributed by atoms with Gasteiger partial charge < -0.3 is 15.5 Å². The first-order valence-corrected chi connectivity index (χ1v) is 6.15. The van der Waals surface area contributed by atoms with Gasteiger partial charge in [0, 0.05) is 20.1 Å². The topological polar surface area (TPSA) is 39.7 Å². The van der Waals surface area contributed by atoms with Gasteiger partial charge in [0.1, 0.15) is 0 Å². The zero-order chi connectivity index (χ0) is 12.4. The van der Waals surface area contributed by atoms with Crippen LogP contribution in [0.1, 0.15) is 26.7 Å². The average Bonchev–Trinajstić information content (AvgIpc) is 2.20. The van der Waals surface area contributed by atoms with Gasteiger partial charge in [-0.15, -0.1) is 24.0 Å². The van der Waals surface area contributed by atoms with E-state index in [9.17, 15) is 0 Å². The molecular formula is C12H29IN4. The van der Waals surface area contributed by atoms with E-state index >= 15 is 0 Å². The third-order valence-electron chi connectivity index (χ3n) is 2.31. The van der Waals surface area contributed by atoms with Crippen molar-refractivity contribution in [1.29, 1.82) is 0 Å². The van der Waals surface area contributed by atoms with E-state index in [1.165, 1.54) is 6.42 Å². The molecule has 0 saturated carbocycles. The van der Waals surface area contributed by atoms with Crippen molar-refractivity contribution in [2.75, 3.05) is 40.8 Å². The molecule has 0 aromatic carbocycles. The van der Waals surface area contributed by atoms with Gasteiger partial charge in [0.2, 0.25) is 0 Å². The number of guanidine groups is 1. The maximum atomic E-state index is 4.18.